The van der Waals surface area contributed by atoms with Crippen molar-refractivity contribution in [2.75, 3.05) is 13.1 Å². The molecular formula is C25H30ClN3O. The number of hydrogen-bond acceptors (Lipinski definition) is 2. The second-order valence-electron chi connectivity index (χ2n) is 8.34. The van der Waals surface area contributed by atoms with Crippen LogP contribution in [0.3, 0.4) is 0 Å². The predicted molar refractivity (Wildman–Crippen MR) is 124 cm³/mol. The van der Waals surface area contributed by atoms with Crippen LogP contribution in [0, 0.1) is 5.92 Å². The van der Waals surface area contributed by atoms with Crippen molar-refractivity contribution in [2.24, 2.45) is 5.92 Å². The van der Waals surface area contributed by atoms with Crippen LogP contribution >= 0.6 is 11.6 Å². The average molecular weight is 424 g/mol. The summed E-state index contributed by atoms with van der Waals surface area (Å²) in [5.41, 5.74) is 4.15. The maximum atomic E-state index is 12.5. The molecule has 158 valence electrons. The van der Waals surface area contributed by atoms with Gasteiger partial charge in [0.25, 0.3) is 5.91 Å². The number of carbonyl (C=O) groups is 1. The molecule has 4 rings (SSSR count). The fourth-order valence-electron chi connectivity index (χ4n) is 4.36. The van der Waals surface area contributed by atoms with Crippen molar-refractivity contribution in [3.63, 3.8) is 0 Å². The van der Waals surface area contributed by atoms with Gasteiger partial charge in [0, 0.05) is 40.8 Å². The summed E-state index contributed by atoms with van der Waals surface area (Å²) in [6.07, 6.45) is 9.62. The second-order valence-corrected chi connectivity index (χ2v) is 8.78. The third kappa shape index (κ3) is 5.44. The lowest BCUT2D eigenvalue weighted by atomic mass is 9.89. The van der Waals surface area contributed by atoms with E-state index in [4.69, 9.17) is 11.6 Å². The van der Waals surface area contributed by atoms with Gasteiger partial charge < -0.3 is 15.6 Å². The molecule has 4 nitrogen and oxygen atoms in total. The highest BCUT2D eigenvalue weighted by molar-refractivity contribution is 6.31. The van der Waals surface area contributed by atoms with Crippen LogP contribution in [-0.2, 0) is 13.0 Å². The SMILES string of the molecule is O=C(NCCc1c[nH]c2ccc(Cl)cc12)c1ccc(CNCC2CCCCC2)cc1. The molecule has 0 bridgehead atoms. The molecular weight excluding hydrogens is 394 g/mol. The van der Waals surface area contributed by atoms with Gasteiger partial charge in [-0.1, -0.05) is 43.0 Å². The average Bonchev–Trinajstić information content (AvgIpc) is 3.17. The number of halogens is 1. The van der Waals surface area contributed by atoms with Gasteiger partial charge in [0.2, 0.25) is 0 Å². The number of hydrogen-bond donors (Lipinski definition) is 3. The number of H-pyrrole nitrogens is 1. The number of amides is 1. The van der Waals surface area contributed by atoms with Crippen molar-refractivity contribution >= 4 is 28.4 Å². The van der Waals surface area contributed by atoms with Crippen molar-refractivity contribution in [3.8, 4) is 0 Å². The minimum Gasteiger partial charge on any atom is -0.361 e. The number of rotatable bonds is 8. The van der Waals surface area contributed by atoms with Gasteiger partial charge in [-0.2, -0.15) is 0 Å². The van der Waals surface area contributed by atoms with Crippen molar-refractivity contribution in [1.82, 2.24) is 15.6 Å². The van der Waals surface area contributed by atoms with Gasteiger partial charge in [0.1, 0.15) is 0 Å². The topological polar surface area (TPSA) is 56.9 Å². The van der Waals surface area contributed by atoms with Crippen molar-refractivity contribution < 1.29 is 4.79 Å². The van der Waals surface area contributed by atoms with Gasteiger partial charge >= 0.3 is 0 Å². The molecule has 0 unspecified atom stereocenters. The molecule has 1 fully saturated rings. The monoisotopic (exact) mass is 423 g/mol. The fraction of sp³-hybridized carbons (Fsp3) is 0.400. The van der Waals surface area contributed by atoms with E-state index in [0.717, 1.165) is 46.9 Å². The molecule has 1 amide bonds. The Balaban J connectivity index is 1.22. The minimum atomic E-state index is -0.0328. The molecule has 3 N–H and O–H groups in total. The summed E-state index contributed by atoms with van der Waals surface area (Å²) in [5, 5.41) is 8.43. The Hall–Kier alpha value is -2.30. The third-order valence-electron chi connectivity index (χ3n) is 6.11. The number of nitrogens with one attached hydrogen (secondary N) is 3. The first kappa shape index (κ1) is 21.0. The van der Waals surface area contributed by atoms with E-state index in [1.165, 1.54) is 37.7 Å². The highest BCUT2D eigenvalue weighted by Gasteiger charge is 2.12. The Bertz CT molecular complexity index is 974. The van der Waals surface area contributed by atoms with E-state index in [1.807, 2.05) is 48.7 Å². The van der Waals surface area contributed by atoms with E-state index >= 15 is 0 Å². The number of aromatic nitrogens is 1. The van der Waals surface area contributed by atoms with Gasteiger partial charge in [-0.15, -0.1) is 0 Å². The van der Waals surface area contributed by atoms with Crippen LogP contribution in [0.25, 0.3) is 10.9 Å². The third-order valence-corrected chi connectivity index (χ3v) is 6.35. The number of benzene rings is 2. The molecule has 0 saturated heterocycles. The molecule has 0 atom stereocenters. The zero-order valence-electron chi connectivity index (χ0n) is 17.3. The Morgan fingerprint density at radius 3 is 2.67 bits per heavy atom. The Morgan fingerprint density at radius 2 is 1.87 bits per heavy atom. The van der Waals surface area contributed by atoms with Crippen molar-refractivity contribution in [3.05, 3.63) is 70.4 Å². The number of aromatic amines is 1. The maximum absolute atomic E-state index is 12.5. The lowest BCUT2D eigenvalue weighted by Gasteiger charge is -2.21. The zero-order chi connectivity index (χ0) is 20.8. The molecule has 0 spiro atoms. The molecule has 0 aliphatic heterocycles. The van der Waals surface area contributed by atoms with E-state index in [-0.39, 0.29) is 5.91 Å². The Morgan fingerprint density at radius 1 is 1.07 bits per heavy atom. The molecule has 5 heteroatoms. The Labute approximate surface area is 183 Å². The fourth-order valence-corrected chi connectivity index (χ4v) is 4.53. The lowest BCUT2D eigenvalue weighted by Crippen LogP contribution is -2.26. The lowest BCUT2D eigenvalue weighted by molar-refractivity contribution is 0.0954. The van der Waals surface area contributed by atoms with Crippen LogP contribution < -0.4 is 10.6 Å². The smallest absolute Gasteiger partial charge is 0.251 e. The van der Waals surface area contributed by atoms with E-state index in [1.54, 1.807) is 0 Å². The van der Waals surface area contributed by atoms with Gasteiger partial charge in [0.05, 0.1) is 0 Å². The van der Waals surface area contributed by atoms with Crippen LogP contribution in [0.5, 0.6) is 0 Å². The zero-order valence-corrected chi connectivity index (χ0v) is 18.1. The van der Waals surface area contributed by atoms with Crippen LogP contribution in [0.1, 0.15) is 53.6 Å². The van der Waals surface area contributed by atoms with Crippen LogP contribution in [-0.4, -0.2) is 24.0 Å². The van der Waals surface area contributed by atoms with Crippen molar-refractivity contribution in [1.29, 1.82) is 0 Å². The molecule has 1 saturated carbocycles. The largest absolute Gasteiger partial charge is 0.361 e. The molecule has 1 aliphatic carbocycles. The van der Waals surface area contributed by atoms with Gasteiger partial charge in [-0.05, 0) is 73.2 Å². The van der Waals surface area contributed by atoms with Crippen LogP contribution in [0.15, 0.2) is 48.7 Å². The van der Waals surface area contributed by atoms with E-state index in [9.17, 15) is 4.79 Å². The molecule has 2 aromatic carbocycles. The highest BCUT2D eigenvalue weighted by Crippen LogP contribution is 2.23. The summed E-state index contributed by atoms with van der Waals surface area (Å²) in [6.45, 7) is 2.55. The summed E-state index contributed by atoms with van der Waals surface area (Å²) in [7, 11) is 0. The first-order valence-corrected chi connectivity index (χ1v) is 11.4. The first-order chi connectivity index (χ1) is 14.7. The van der Waals surface area contributed by atoms with E-state index in [2.05, 4.69) is 15.6 Å². The molecule has 1 aliphatic rings. The number of fused-ring (bicyclic) bond motifs is 1. The van der Waals surface area contributed by atoms with E-state index < -0.39 is 0 Å². The molecule has 3 aromatic rings. The van der Waals surface area contributed by atoms with Crippen LogP contribution in [0.2, 0.25) is 5.02 Å². The van der Waals surface area contributed by atoms with Gasteiger partial charge in [-0.3, -0.25) is 4.79 Å². The summed E-state index contributed by atoms with van der Waals surface area (Å²) < 4.78 is 0. The van der Waals surface area contributed by atoms with Gasteiger partial charge in [0.15, 0.2) is 0 Å². The summed E-state index contributed by atoms with van der Waals surface area (Å²) >= 11 is 6.11. The summed E-state index contributed by atoms with van der Waals surface area (Å²) in [4.78, 5) is 15.7. The molecule has 1 heterocycles. The van der Waals surface area contributed by atoms with Crippen molar-refractivity contribution in [2.45, 2.75) is 45.1 Å². The minimum absolute atomic E-state index is 0.0328. The standard InChI is InChI=1S/C25H30ClN3O/c26-22-10-11-24-23(14-22)21(17-29-24)12-13-28-25(30)20-8-6-19(7-9-20)16-27-15-18-4-2-1-3-5-18/h6-11,14,17-18,27,29H,1-5,12-13,15-16H2,(H,28,30). The predicted octanol–water partition coefficient (Wildman–Crippen LogP) is 5.46. The molecule has 0 radical (unpaired) electrons. The summed E-state index contributed by atoms with van der Waals surface area (Å²) in [6, 6.07) is 13.7. The quantitative estimate of drug-likeness (QED) is 0.450. The van der Waals surface area contributed by atoms with Crippen LogP contribution in [0.4, 0.5) is 0 Å². The first-order valence-electron chi connectivity index (χ1n) is 11.0. The Kier molecular flexibility index (Phi) is 7.08. The van der Waals surface area contributed by atoms with E-state index in [0.29, 0.717) is 12.1 Å². The highest BCUT2D eigenvalue weighted by atomic mass is 35.5. The normalized spacial score (nSPS) is 14.8. The maximum Gasteiger partial charge on any atom is 0.251 e. The summed E-state index contributed by atoms with van der Waals surface area (Å²) in [5.74, 6) is 0.798. The molecule has 1 aromatic heterocycles. The second kappa shape index (κ2) is 10.1. The van der Waals surface area contributed by atoms with Gasteiger partial charge in [-0.25, -0.2) is 0 Å². The molecule has 30 heavy (non-hydrogen) atoms. The number of carbonyl (C=O) groups excluding carboxylic acids is 1.